The van der Waals surface area contributed by atoms with Crippen LogP contribution in [0, 0.1) is 0 Å². The van der Waals surface area contributed by atoms with Crippen LogP contribution in [0.1, 0.15) is 28.4 Å². The van der Waals surface area contributed by atoms with Gasteiger partial charge >= 0.3 is 0 Å². The van der Waals surface area contributed by atoms with Crippen LogP contribution in [0.25, 0.3) is 11.0 Å². The number of carbonyl (C=O) groups is 1. The number of aryl methyl sites for hydroxylation is 2. The molecule has 4 heteroatoms. The lowest BCUT2D eigenvalue weighted by Crippen LogP contribution is -2.29. The predicted octanol–water partition coefficient (Wildman–Crippen LogP) is 3.34. The number of fused-ring (bicyclic) bond motifs is 2. The molecular formula is C19H19N3O. The molecule has 1 amide bonds. The summed E-state index contributed by atoms with van der Waals surface area (Å²) in [7, 11) is 1.96. The number of hydrogen-bond acceptors (Lipinski definition) is 2. The molecule has 116 valence electrons. The molecule has 0 saturated heterocycles. The molecule has 0 spiro atoms. The second-order valence-corrected chi connectivity index (χ2v) is 6.04. The van der Waals surface area contributed by atoms with Gasteiger partial charge in [-0.25, -0.2) is 4.98 Å². The zero-order chi connectivity index (χ0) is 16.0. The van der Waals surface area contributed by atoms with Gasteiger partial charge in [-0.1, -0.05) is 25.1 Å². The summed E-state index contributed by atoms with van der Waals surface area (Å²) in [4.78, 5) is 19.3. The highest BCUT2D eigenvalue weighted by atomic mass is 16.2. The summed E-state index contributed by atoms with van der Waals surface area (Å²) in [5.74, 6) is 0.0669. The average Bonchev–Trinajstić information content (AvgIpc) is 3.17. The monoisotopic (exact) mass is 305 g/mol. The van der Waals surface area contributed by atoms with Crippen LogP contribution in [0.3, 0.4) is 0 Å². The van der Waals surface area contributed by atoms with Crippen molar-refractivity contribution in [2.75, 3.05) is 11.4 Å². The van der Waals surface area contributed by atoms with Gasteiger partial charge < -0.3 is 9.47 Å². The van der Waals surface area contributed by atoms with E-state index >= 15 is 0 Å². The molecule has 0 unspecified atom stereocenters. The van der Waals surface area contributed by atoms with Crippen LogP contribution < -0.4 is 4.90 Å². The fourth-order valence-electron chi connectivity index (χ4n) is 3.45. The maximum atomic E-state index is 13.0. The van der Waals surface area contributed by atoms with Crippen molar-refractivity contribution in [1.82, 2.24) is 9.55 Å². The van der Waals surface area contributed by atoms with Crippen LogP contribution in [0.5, 0.6) is 0 Å². The summed E-state index contributed by atoms with van der Waals surface area (Å²) in [6, 6.07) is 12.1. The van der Waals surface area contributed by atoms with E-state index in [4.69, 9.17) is 0 Å². The number of imidazole rings is 1. The standard InChI is InChI=1S/C19H19N3O/c1-3-13-5-4-6-14-9-10-22(18(13)14)19(23)15-7-8-17-16(11-15)20-12-21(17)2/h4-8,11-12H,3,9-10H2,1-2H3. The van der Waals surface area contributed by atoms with Crippen LogP contribution in [-0.2, 0) is 19.9 Å². The number of rotatable bonds is 2. The molecule has 2 heterocycles. The lowest BCUT2D eigenvalue weighted by atomic mass is 10.0. The summed E-state index contributed by atoms with van der Waals surface area (Å²) in [5, 5.41) is 0. The molecule has 4 rings (SSSR count). The highest BCUT2D eigenvalue weighted by Gasteiger charge is 2.27. The highest BCUT2D eigenvalue weighted by Crippen LogP contribution is 2.33. The Balaban J connectivity index is 1.75. The first-order valence-electron chi connectivity index (χ1n) is 8.02. The Morgan fingerprint density at radius 1 is 1.26 bits per heavy atom. The van der Waals surface area contributed by atoms with E-state index in [1.54, 1.807) is 6.33 Å². The number of benzene rings is 2. The van der Waals surface area contributed by atoms with E-state index < -0.39 is 0 Å². The Labute approximate surface area is 135 Å². The minimum Gasteiger partial charge on any atom is -0.334 e. The lowest BCUT2D eigenvalue weighted by molar-refractivity contribution is 0.0989. The second-order valence-electron chi connectivity index (χ2n) is 6.04. The Hall–Kier alpha value is -2.62. The molecule has 23 heavy (non-hydrogen) atoms. The zero-order valence-electron chi connectivity index (χ0n) is 13.4. The van der Waals surface area contributed by atoms with Gasteiger partial charge in [0, 0.05) is 19.2 Å². The van der Waals surface area contributed by atoms with E-state index in [1.807, 2.05) is 34.7 Å². The quantitative estimate of drug-likeness (QED) is 0.728. The van der Waals surface area contributed by atoms with Gasteiger partial charge in [-0.15, -0.1) is 0 Å². The molecular weight excluding hydrogens is 286 g/mol. The van der Waals surface area contributed by atoms with Crippen molar-refractivity contribution >= 4 is 22.6 Å². The average molecular weight is 305 g/mol. The smallest absolute Gasteiger partial charge is 0.258 e. The Bertz CT molecular complexity index is 910. The Morgan fingerprint density at radius 3 is 2.96 bits per heavy atom. The minimum absolute atomic E-state index is 0.0669. The van der Waals surface area contributed by atoms with E-state index in [0.29, 0.717) is 5.56 Å². The first-order valence-corrected chi connectivity index (χ1v) is 8.02. The summed E-state index contributed by atoms with van der Waals surface area (Å²) in [6.07, 6.45) is 3.65. The lowest BCUT2D eigenvalue weighted by Gasteiger charge is -2.20. The maximum absolute atomic E-state index is 13.0. The summed E-state index contributed by atoms with van der Waals surface area (Å²) < 4.78 is 1.96. The molecule has 0 atom stereocenters. The van der Waals surface area contributed by atoms with Gasteiger partial charge in [0.05, 0.1) is 23.0 Å². The van der Waals surface area contributed by atoms with Crippen LogP contribution >= 0.6 is 0 Å². The molecule has 0 radical (unpaired) electrons. The van der Waals surface area contributed by atoms with Crippen LogP contribution in [0.4, 0.5) is 5.69 Å². The number of anilines is 1. The number of carbonyl (C=O) groups excluding carboxylic acids is 1. The topological polar surface area (TPSA) is 38.1 Å². The fraction of sp³-hybridized carbons (Fsp3) is 0.263. The van der Waals surface area contributed by atoms with Crippen molar-refractivity contribution in [1.29, 1.82) is 0 Å². The molecule has 1 aromatic heterocycles. The molecule has 3 aromatic rings. The van der Waals surface area contributed by atoms with Crippen molar-refractivity contribution in [3.63, 3.8) is 0 Å². The van der Waals surface area contributed by atoms with Gasteiger partial charge in [-0.2, -0.15) is 0 Å². The van der Waals surface area contributed by atoms with Crippen LogP contribution in [0.2, 0.25) is 0 Å². The van der Waals surface area contributed by atoms with Crippen molar-refractivity contribution < 1.29 is 4.79 Å². The summed E-state index contributed by atoms with van der Waals surface area (Å²) in [5.41, 5.74) is 6.24. The zero-order valence-corrected chi connectivity index (χ0v) is 13.4. The predicted molar refractivity (Wildman–Crippen MR) is 91.9 cm³/mol. The molecule has 1 aliphatic rings. The van der Waals surface area contributed by atoms with Crippen molar-refractivity contribution in [2.24, 2.45) is 7.05 Å². The molecule has 0 N–H and O–H groups in total. The van der Waals surface area contributed by atoms with Gasteiger partial charge in [0.25, 0.3) is 5.91 Å². The van der Waals surface area contributed by atoms with Crippen molar-refractivity contribution in [3.05, 3.63) is 59.4 Å². The molecule has 2 aromatic carbocycles. The first kappa shape index (κ1) is 14.0. The molecule has 0 aliphatic carbocycles. The summed E-state index contributed by atoms with van der Waals surface area (Å²) >= 11 is 0. The van der Waals surface area contributed by atoms with Gasteiger partial charge in [-0.05, 0) is 42.2 Å². The molecule has 1 aliphatic heterocycles. The third-order valence-corrected chi connectivity index (χ3v) is 4.68. The van der Waals surface area contributed by atoms with E-state index in [2.05, 4.69) is 30.1 Å². The maximum Gasteiger partial charge on any atom is 0.258 e. The Morgan fingerprint density at radius 2 is 2.13 bits per heavy atom. The fourth-order valence-corrected chi connectivity index (χ4v) is 3.45. The normalized spacial score (nSPS) is 13.6. The van der Waals surface area contributed by atoms with Gasteiger partial charge in [0.1, 0.15) is 0 Å². The Kier molecular flexibility index (Phi) is 3.18. The molecule has 4 nitrogen and oxygen atoms in total. The third kappa shape index (κ3) is 2.13. The number of amides is 1. The number of aromatic nitrogens is 2. The van der Waals surface area contributed by atoms with Gasteiger partial charge in [0.15, 0.2) is 0 Å². The van der Waals surface area contributed by atoms with Gasteiger partial charge in [-0.3, -0.25) is 4.79 Å². The van der Waals surface area contributed by atoms with E-state index in [1.165, 1.54) is 11.1 Å². The third-order valence-electron chi connectivity index (χ3n) is 4.68. The van der Waals surface area contributed by atoms with Crippen LogP contribution in [-0.4, -0.2) is 22.0 Å². The molecule has 0 bridgehead atoms. The minimum atomic E-state index is 0.0669. The van der Waals surface area contributed by atoms with E-state index in [-0.39, 0.29) is 5.91 Å². The van der Waals surface area contributed by atoms with Gasteiger partial charge in [0.2, 0.25) is 0 Å². The number of nitrogens with zero attached hydrogens (tertiary/aromatic N) is 3. The number of hydrogen-bond donors (Lipinski definition) is 0. The highest BCUT2D eigenvalue weighted by molar-refractivity contribution is 6.09. The first-order chi connectivity index (χ1) is 11.2. The van der Waals surface area contributed by atoms with E-state index in [9.17, 15) is 4.79 Å². The molecule has 0 saturated carbocycles. The second kappa shape index (κ2) is 5.23. The summed E-state index contributed by atoms with van der Waals surface area (Å²) in [6.45, 7) is 2.89. The number of para-hydroxylation sites is 1. The molecule has 0 fully saturated rings. The van der Waals surface area contributed by atoms with E-state index in [0.717, 1.165) is 36.1 Å². The largest absolute Gasteiger partial charge is 0.334 e. The van der Waals surface area contributed by atoms with Crippen molar-refractivity contribution in [2.45, 2.75) is 19.8 Å². The van der Waals surface area contributed by atoms with Crippen LogP contribution in [0.15, 0.2) is 42.7 Å². The SMILES string of the molecule is CCc1cccc2c1N(C(=O)c1ccc3c(c1)ncn3C)CC2. The van der Waals surface area contributed by atoms with Crippen molar-refractivity contribution in [3.8, 4) is 0 Å².